The Labute approximate surface area is 154 Å². The van der Waals surface area contributed by atoms with Crippen molar-refractivity contribution in [3.63, 3.8) is 0 Å². The number of anilines is 2. The van der Waals surface area contributed by atoms with Gasteiger partial charge in [0, 0.05) is 28.9 Å². The Morgan fingerprint density at radius 2 is 1.85 bits per heavy atom. The zero-order chi connectivity index (χ0) is 17.8. The minimum absolute atomic E-state index is 0.530. The standard InChI is InChI=1S/C18H14ClN7/c19-16-4-2-1-3-13(16)11-15-9-10-20-18(22-15)21-14-7-5-12(6-8-14)17-23-25-26-24-17/h1-10H,11H2,(H,20,21,22)(H,23,24,25,26). The summed E-state index contributed by atoms with van der Waals surface area (Å²) in [6.07, 6.45) is 2.38. The van der Waals surface area contributed by atoms with Crippen LogP contribution < -0.4 is 5.32 Å². The van der Waals surface area contributed by atoms with Crippen LogP contribution in [0.15, 0.2) is 60.8 Å². The highest BCUT2D eigenvalue weighted by atomic mass is 35.5. The monoisotopic (exact) mass is 363 g/mol. The van der Waals surface area contributed by atoms with Crippen molar-refractivity contribution in [3.8, 4) is 11.4 Å². The molecule has 4 rings (SSSR count). The van der Waals surface area contributed by atoms with Crippen molar-refractivity contribution in [2.45, 2.75) is 6.42 Å². The number of H-pyrrole nitrogens is 1. The van der Waals surface area contributed by atoms with Crippen LogP contribution in [0.5, 0.6) is 0 Å². The normalized spacial score (nSPS) is 10.7. The third-order valence-electron chi connectivity index (χ3n) is 3.79. The van der Waals surface area contributed by atoms with Crippen molar-refractivity contribution < 1.29 is 0 Å². The SMILES string of the molecule is Clc1ccccc1Cc1ccnc(Nc2ccc(-c3nn[nH]n3)cc2)n1. The molecule has 0 aliphatic rings. The van der Waals surface area contributed by atoms with Crippen molar-refractivity contribution in [2.75, 3.05) is 5.32 Å². The predicted octanol–water partition coefficient (Wildman–Crippen LogP) is 3.64. The van der Waals surface area contributed by atoms with E-state index >= 15 is 0 Å². The molecule has 0 aliphatic heterocycles. The highest BCUT2D eigenvalue weighted by molar-refractivity contribution is 6.31. The summed E-state index contributed by atoms with van der Waals surface area (Å²) in [7, 11) is 0. The number of rotatable bonds is 5. The second kappa shape index (κ2) is 7.28. The van der Waals surface area contributed by atoms with Crippen molar-refractivity contribution in [2.24, 2.45) is 0 Å². The van der Waals surface area contributed by atoms with Crippen molar-refractivity contribution in [3.05, 3.63) is 77.1 Å². The van der Waals surface area contributed by atoms with E-state index in [2.05, 4.69) is 35.9 Å². The van der Waals surface area contributed by atoms with Gasteiger partial charge in [0.2, 0.25) is 11.8 Å². The average molecular weight is 364 g/mol. The summed E-state index contributed by atoms with van der Waals surface area (Å²) < 4.78 is 0. The maximum absolute atomic E-state index is 6.22. The van der Waals surface area contributed by atoms with Gasteiger partial charge in [-0.15, -0.1) is 10.2 Å². The number of halogens is 1. The van der Waals surface area contributed by atoms with Gasteiger partial charge in [-0.05, 0) is 47.2 Å². The Hall–Kier alpha value is -3.32. The van der Waals surface area contributed by atoms with Gasteiger partial charge in [0.1, 0.15) is 0 Å². The lowest BCUT2D eigenvalue weighted by Gasteiger charge is -2.08. The summed E-state index contributed by atoms with van der Waals surface area (Å²) in [4.78, 5) is 8.83. The fourth-order valence-corrected chi connectivity index (χ4v) is 2.71. The van der Waals surface area contributed by atoms with Gasteiger partial charge in [0.25, 0.3) is 0 Å². The predicted molar refractivity (Wildman–Crippen MR) is 99.2 cm³/mol. The molecule has 2 aromatic carbocycles. The lowest BCUT2D eigenvalue weighted by Crippen LogP contribution is -2.00. The van der Waals surface area contributed by atoms with Crippen molar-refractivity contribution >= 4 is 23.2 Å². The number of nitrogens with one attached hydrogen (secondary N) is 2. The van der Waals surface area contributed by atoms with E-state index in [0.717, 1.165) is 27.5 Å². The molecule has 8 heteroatoms. The van der Waals surface area contributed by atoms with Gasteiger partial charge < -0.3 is 5.32 Å². The van der Waals surface area contributed by atoms with E-state index in [9.17, 15) is 0 Å². The Kier molecular flexibility index (Phi) is 4.53. The van der Waals surface area contributed by atoms with E-state index in [0.29, 0.717) is 18.2 Å². The number of hydrogen-bond donors (Lipinski definition) is 2. The first-order valence-corrected chi connectivity index (χ1v) is 8.32. The summed E-state index contributed by atoms with van der Waals surface area (Å²) in [5.41, 5.74) is 3.66. The average Bonchev–Trinajstić information content (AvgIpc) is 3.19. The smallest absolute Gasteiger partial charge is 0.227 e. The minimum atomic E-state index is 0.530. The van der Waals surface area contributed by atoms with Crippen LogP contribution in [0.1, 0.15) is 11.3 Å². The number of hydrogen-bond acceptors (Lipinski definition) is 6. The van der Waals surface area contributed by atoms with Gasteiger partial charge in [-0.1, -0.05) is 29.8 Å². The molecule has 0 radical (unpaired) electrons. The first kappa shape index (κ1) is 16.2. The first-order chi connectivity index (χ1) is 12.8. The minimum Gasteiger partial charge on any atom is -0.324 e. The molecule has 2 N–H and O–H groups in total. The maximum atomic E-state index is 6.22. The number of benzene rings is 2. The molecule has 0 atom stereocenters. The highest BCUT2D eigenvalue weighted by Crippen LogP contribution is 2.21. The van der Waals surface area contributed by atoms with Crippen LogP contribution in [0, 0.1) is 0 Å². The molecule has 0 bridgehead atoms. The van der Waals surface area contributed by atoms with E-state index < -0.39 is 0 Å². The fourth-order valence-electron chi connectivity index (χ4n) is 2.51. The van der Waals surface area contributed by atoms with E-state index in [1.165, 1.54) is 0 Å². The third-order valence-corrected chi connectivity index (χ3v) is 4.16. The van der Waals surface area contributed by atoms with Crippen LogP contribution in [0.4, 0.5) is 11.6 Å². The molecule has 128 valence electrons. The van der Waals surface area contributed by atoms with Crippen LogP contribution in [0.25, 0.3) is 11.4 Å². The first-order valence-electron chi connectivity index (χ1n) is 7.94. The van der Waals surface area contributed by atoms with Gasteiger partial charge in [-0.2, -0.15) is 5.21 Å². The molecule has 0 spiro atoms. The molecular formula is C18H14ClN7. The number of aromatic nitrogens is 6. The van der Waals surface area contributed by atoms with Crippen molar-refractivity contribution in [1.82, 2.24) is 30.6 Å². The molecule has 0 aliphatic carbocycles. The van der Waals surface area contributed by atoms with Crippen LogP contribution in [-0.4, -0.2) is 30.6 Å². The zero-order valence-electron chi connectivity index (χ0n) is 13.6. The lowest BCUT2D eigenvalue weighted by molar-refractivity contribution is 0.881. The quantitative estimate of drug-likeness (QED) is 0.562. The Morgan fingerprint density at radius 1 is 1.00 bits per heavy atom. The Morgan fingerprint density at radius 3 is 2.62 bits per heavy atom. The van der Waals surface area contributed by atoms with Gasteiger partial charge in [-0.25, -0.2) is 9.97 Å². The van der Waals surface area contributed by atoms with E-state index in [-0.39, 0.29) is 0 Å². The molecule has 7 nitrogen and oxygen atoms in total. The lowest BCUT2D eigenvalue weighted by atomic mass is 10.1. The second-order valence-electron chi connectivity index (χ2n) is 5.58. The third kappa shape index (κ3) is 3.68. The van der Waals surface area contributed by atoms with Crippen LogP contribution in [-0.2, 0) is 6.42 Å². The topological polar surface area (TPSA) is 92.3 Å². The highest BCUT2D eigenvalue weighted by Gasteiger charge is 2.06. The summed E-state index contributed by atoms with van der Waals surface area (Å²) in [5.74, 6) is 1.08. The molecular weight excluding hydrogens is 350 g/mol. The second-order valence-corrected chi connectivity index (χ2v) is 5.98. The van der Waals surface area contributed by atoms with Gasteiger partial charge >= 0.3 is 0 Å². The van der Waals surface area contributed by atoms with Crippen molar-refractivity contribution in [1.29, 1.82) is 0 Å². The number of aromatic amines is 1. The molecule has 0 saturated heterocycles. The zero-order valence-corrected chi connectivity index (χ0v) is 14.4. The summed E-state index contributed by atoms with van der Waals surface area (Å²) in [5, 5.41) is 17.8. The summed E-state index contributed by atoms with van der Waals surface area (Å²) in [6, 6.07) is 17.3. The summed E-state index contributed by atoms with van der Waals surface area (Å²) in [6.45, 7) is 0. The number of tetrazole rings is 1. The molecule has 2 aromatic heterocycles. The molecule has 0 fully saturated rings. The molecule has 4 aromatic rings. The largest absolute Gasteiger partial charge is 0.324 e. The Balaban J connectivity index is 1.49. The van der Waals surface area contributed by atoms with E-state index in [4.69, 9.17) is 11.6 Å². The van der Waals surface area contributed by atoms with Gasteiger partial charge in [0.15, 0.2) is 0 Å². The Bertz CT molecular complexity index is 1000. The molecule has 2 heterocycles. The molecule has 0 amide bonds. The molecule has 0 saturated carbocycles. The fraction of sp³-hybridized carbons (Fsp3) is 0.0556. The van der Waals surface area contributed by atoms with Crippen LogP contribution in [0.3, 0.4) is 0 Å². The molecule has 0 unspecified atom stereocenters. The maximum Gasteiger partial charge on any atom is 0.227 e. The van der Waals surface area contributed by atoms with E-state index in [1.54, 1.807) is 6.20 Å². The van der Waals surface area contributed by atoms with Crippen LogP contribution >= 0.6 is 11.6 Å². The van der Waals surface area contributed by atoms with Crippen LogP contribution in [0.2, 0.25) is 5.02 Å². The van der Waals surface area contributed by atoms with E-state index in [1.807, 2.05) is 54.6 Å². The summed E-state index contributed by atoms with van der Waals surface area (Å²) >= 11 is 6.22. The van der Waals surface area contributed by atoms with Gasteiger partial charge in [0.05, 0.1) is 5.69 Å². The molecule has 26 heavy (non-hydrogen) atoms. The number of nitrogens with zero attached hydrogens (tertiary/aromatic N) is 5. The van der Waals surface area contributed by atoms with Gasteiger partial charge in [-0.3, -0.25) is 0 Å².